The third kappa shape index (κ3) is 5.06. The highest BCUT2D eigenvalue weighted by atomic mass is 32.2. The number of nitrogens with one attached hydrogen (secondary N) is 1. The molecule has 3 aromatic rings. The number of nitrogens with two attached hydrogens (primary N) is 1. The summed E-state index contributed by atoms with van der Waals surface area (Å²) in [5.74, 6) is 0.502. The van der Waals surface area contributed by atoms with Crippen LogP contribution in [0.5, 0.6) is 0 Å². The zero-order valence-electron chi connectivity index (χ0n) is 18.1. The Morgan fingerprint density at radius 2 is 1.94 bits per heavy atom. The molecule has 0 aliphatic carbocycles. The van der Waals surface area contributed by atoms with Crippen LogP contribution in [0.2, 0.25) is 0 Å². The predicted molar refractivity (Wildman–Crippen MR) is 123 cm³/mol. The quantitative estimate of drug-likeness (QED) is 0.576. The fraction of sp³-hybridized carbons (Fsp3) is 0.348. The summed E-state index contributed by atoms with van der Waals surface area (Å²) in [6.07, 6.45) is -4.72. The minimum atomic E-state index is -4.45. The number of aryl methyl sites for hydroxylation is 1. The molecule has 1 aromatic heterocycles. The van der Waals surface area contributed by atoms with Crippen LogP contribution in [0.1, 0.15) is 17.5 Å². The van der Waals surface area contributed by atoms with E-state index in [1.807, 2.05) is 30.0 Å². The highest BCUT2D eigenvalue weighted by molar-refractivity contribution is 7.91. The van der Waals surface area contributed by atoms with Gasteiger partial charge in [-0.05, 0) is 37.1 Å². The number of alkyl halides is 3. The standard InChI is InChI=1S/C23H25F3N4O2S/c1-15-6-7-18-17(12-15)19(28-9-8-21(27)23(24,25)26)13-22(29-18)30-10-11-33(31,32)20-5-3-2-4-16(20)14-30/h2-7,12-13,21H,8-11,14,27H2,1H3,(H,28,29). The van der Waals surface area contributed by atoms with Gasteiger partial charge in [-0.15, -0.1) is 0 Å². The minimum absolute atomic E-state index is 0.0321. The number of benzene rings is 2. The number of fused-ring (bicyclic) bond motifs is 2. The third-order valence-electron chi connectivity index (χ3n) is 5.76. The Labute approximate surface area is 190 Å². The van der Waals surface area contributed by atoms with Crippen molar-refractivity contribution in [2.75, 3.05) is 29.1 Å². The first-order valence-corrected chi connectivity index (χ1v) is 12.2. The summed E-state index contributed by atoms with van der Waals surface area (Å²) in [7, 11) is -3.42. The molecule has 0 amide bonds. The average Bonchev–Trinajstić information content (AvgIpc) is 2.89. The first-order valence-electron chi connectivity index (χ1n) is 10.6. The molecule has 1 unspecified atom stereocenters. The second kappa shape index (κ2) is 8.83. The van der Waals surface area contributed by atoms with E-state index in [0.29, 0.717) is 34.0 Å². The van der Waals surface area contributed by atoms with Crippen molar-refractivity contribution in [1.29, 1.82) is 0 Å². The lowest BCUT2D eigenvalue weighted by Crippen LogP contribution is -2.38. The summed E-state index contributed by atoms with van der Waals surface area (Å²) in [6, 6.07) is 12.4. The Kier molecular flexibility index (Phi) is 6.24. The molecule has 4 rings (SSSR count). The molecule has 3 N–H and O–H groups in total. The van der Waals surface area contributed by atoms with Crippen molar-refractivity contribution in [2.45, 2.75) is 37.0 Å². The van der Waals surface area contributed by atoms with E-state index in [1.54, 1.807) is 30.3 Å². The van der Waals surface area contributed by atoms with E-state index >= 15 is 0 Å². The van der Waals surface area contributed by atoms with Gasteiger partial charge in [0.15, 0.2) is 9.84 Å². The smallest absolute Gasteiger partial charge is 0.384 e. The summed E-state index contributed by atoms with van der Waals surface area (Å²) in [6.45, 7) is 2.57. The van der Waals surface area contributed by atoms with E-state index in [-0.39, 0.29) is 25.3 Å². The van der Waals surface area contributed by atoms with E-state index in [4.69, 9.17) is 10.7 Å². The number of aromatic nitrogens is 1. The van der Waals surface area contributed by atoms with Gasteiger partial charge in [-0.3, -0.25) is 0 Å². The number of halogens is 3. The molecule has 6 nitrogen and oxygen atoms in total. The number of nitrogens with zero attached hydrogens (tertiary/aromatic N) is 2. The van der Waals surface area contributed by atoms with Gasteiger partial charge in [0.2, 0.25) is 0 Å². The Morgan fingerprint density at radius 1 is 1.18 bits per heavy atom. The minimum Gasteiger partial charge on any atom is -0.384 e. The van der Waals surface area contributed by atoms with Crippen LogP contribution in [0.4, 0.5) is 24.7 Å². The molecule has 1 aliphatic rings. The number of pyridine rings is 1. The van der Waals surface area contributed by atoms with Crippen LogP contribution in [0.25, 0.3) is 10.9 Å². The Balaban J connectivity index is 1.68. The lowest BCUT2D eigenvalue weighted by atomic mass is 10.1. The normalized spacial score (nSPS) is 16.8. The van der Waals surface area contributed by atoms with Gasteiger partial charge in [-0.2, -0.15) is 13.2 Å². The van der Waals surface area contributed by atoms with Gasteiger partial charge in [-0.1, -0.05) is 29.8 Å². The number of hydrogen-bond acceptors (Lipinski definition) is 6. The predicted octanol–water partition coefficient (Wildman–Crippen LogP) is 4.03. The van der Waals surface area contributed by atoms with Gasteiger partial charge in [0.05, 0.1) is 16.2 Å². The van der Waals surface area contributed by atoms with Crippen LogP contribution in [-0.2, 0) is 16.4 Å². The van der Waals surface area contributed by atoms with E-state index < -0.39 is 22.1 Å². The van der Waals surface area contributed by atoms with Crippen LogP contribution in [0.3, 0.4) is 0 Å². The van der Waals surface area contributed by atoms with Crippen molar-refractivity contribution in [3.63, 3.8) is 0 Å². The van der Waals surface area contributed by atoms with Gasteiger partial charge >= 0.3 is 6.18 Å². The second-order valence-electron chi connectivity index (χ2n) is 8.26. The maximum Gasteiger partial charge on any atom is 0.403 e. The molecule has 10 heteroatoms. The van der Waals surface area contributed by atoms with Crippen molar-refractivity contribution in [3.05, 3.63) is 59.7 Å². The van der Waals surface area contributed by atoms with E-state index in [2.05, 4.69) is 5.32 Å². The van der Waals surface area contributed by atoms with E-state index in [1.165, 1.54) is 0 Å². The zero-order chi connectivity index (χ0) is 23.8. The molecule has 0 saturated carbocycles. The number of anilines is 2. The fourth-order valence-electron chi connectivity index (χ4n) is 3.92. The van der Waals surface area contributed by atoms with Gasteiger partial charge in [0, 0.05) is 36.8 Å². The molecule has 0 radical (unpaired) electrons. The number of hydrogen-bond donors (Lipinski definition) is 2. The van der Waals surface area contributed by atoms with E-state index in [0.717, 1.165) is 10.9 Å². The molecular formula is C23H25F3N4O2S. The van der Waals surface area contributed by atoms with Crippen molar-refractivity contribution in [1.82, 2.24) is 4.98 Å². The van der Waals surface area contributed by atoms with Crippen molar-refractivity contribution in [2.24, 2.45) is 5.73 Å². The summed E-state index contributed by atoms with van der Waals surface area (Å²) in [4.78, 5) is 6.94. The largest absolute Gasteiger partial charge is 0.403 e. The number of rotatable bonds is 5. The number of sulfone groups is 1. The molecule has 33 heavy (non-hydrogen) atoms. The highest BCUT2D eigenvalue weighted by Gasteiger charge is 2.36. The third-order valence-corrected chi connectivity index (χ3v) is 7.55. The van der Waals surface area contributed by atoms with Crippen LogP contribution in [0, 0.1) is 6.92 Å². The fourth-order valence-corrected chi connectivity index (χ4v) is 5.42. The summed E-state index contributed by atoms with van der Waals surface area (Å²) >= 11 is 0. The first-order chi connectivity index (χ1) is 15.5. The molecule has 176 valence electrons. The van der Waals surface area contributed by atoms with Gasteiger partial charge < -0.3 is 16.0 Å². The van der Waals surface area contributed by atoms with Crippen LogP contribution < -0.4 is 16.0 Å². The summed E-state index contributed by atoms with van der Waals surface area (Å²) < 4.78 is 63.8. The molecule has 2 heterocycles. The maximum absolute atomic E-state index is 12.8. The molecule has 0 spiro atoms. The highest BCUT2D eigenvalue weighted by Crippen LogP contribution is 2.31. The monoisotopic (exact) mass is 478 g/mol. The second-order valence-corrected chi connectivity index (χ2v) is 10.3. The van der Waals surface area contributed by atoms with Crippen molar-refractivity contribution in [3.8, 4) is 0 Å². The lowest BCUT2D eigenvalue weighted by molar-refractivity contribution is -0.148. The average molecular weight is 479 g/mol. The van der Waals surface area contributed by atoms with Gasteiger partial charge in [0.1, 0.15) is 11.9 Å². The molecule has 1 atom stereocenters. The molecule has 0 fully saturated rings. The van der Waals surface area contributed by atoms with Crippen LogP contribution >= 0.6 is 0 Å². The zero-order valence-corrected chi connectivity index (χ0v) is 18.9. The van der Waals surface area contributed by atoms with Crippen LogP contribution in [-0.4, -0.2) is 44.5 Å². The maximum atomic E-state index is 12.8. The topological polar surface area (TPSA) is 88.3 Å². The van der Waals surface area contributed by atoms with Crippen molar-refractivity contribution < 1.29 is 21.6 Å². The summed E-state index contributed by atoms with van der Waals surface area (Å²) in [5.41, 5.74) is 8.22. The first kappa shape index (κ1) is 23.3. The summed E-state index contributed by atoms with van der Waals surface area (Å²) in [5, 5.41) is 3.86. The Hall–Kier alpha value is -2.85. The lowest BCUT2D eigenvalue weighted by Gasteiger charge is -2.23. The molecule has 1 aliphatic heterocycles. The van der Waals surface area contributed by atoms with Crippen LogP contribution in [0.15, 0.2) is 53.4 Å². The van der Waals surface area contributed by atoms with Gasteiger partial charge in [-0.25, -0.2) is 13.4 Å². The Morgan fingerprint density at radius 3 is 2.70 bits per heavy atom. The molecular weight excluding hydrogens is 453 g/mol. The van der Waals surface area contributed by atoms with E-state index in [9.17, 15) is 21.6 Å². The van der Waals surface area contributed by atoms with Gasteiger partial charge in [0.25, 0.3) is 0 Å². The molecule has 2 aromatic carbocycles. The molecule has 0 saturated heterocycles. The Bertz CT molecular complexity index is 1280. The SMILES string of the molecule is Cc1ccc2nc(N3CCS(=O)(=O)c4ccccc4C3)cc(NCCC(N)C(F)(F)F)c2c1. The van der Waals surface area contributed by atoms with Crippen molar-refractivity contribution >= 4 is 32.2 Å². The molecule has 0 bridgehead atoms.